The average Bonchev–Trinajstić information content (AvgIpc) is 2.24. The van der Waals surface area contributed by atoms with Crippen molar-refractivity contribution in [3.63, 3.8) is 0 Å². The van der Waals surface area contributed by atoms with Crippen molar-refractivity contribution in [2.24, 2.45) is 0 Å². The van der Waals surface area contributed by atoms with E-state index < -0.39 is 12.7 Å². The predicted molar refractivity (Wildman–Crippen MR) is 68.0 cm³/mol. The fourth-order valence-corrected chi connectivity index (χ4v) is 2.17. The molecule has 0 atom stereocenters. The summed E-state index contributed by atoms with van der Waals surface area (Å²) in [6, 6.07) is 4.96. The van der Waals surface area contributed by atoms with Gasteiger partial charge >= 0.3 is 6.18 Å². The molecule has 0 radical (unpaired) electrons. The van der Waals surface area contributed by atoms with Crippen molar-refractivity contribution < 1.29 is 13.2 Å². The highest BCUT2D eigenvalue weighted by Gasteiger charge is 2.31. The lowest BCUT2D eigenvalue weighted by Crippen LogP contribution is -2.34. The molecule has 96 valence electrons. The van der Waals surface area contributed by atoms with Gasteiger partial charge in [-0.1, -0.05) is 33.6 Å². The first-order chi connectivity index (χ1) is 7.87. The van der Waals surface area contributed by atoms with E-state index in [4.69, 9.17) is 11.6 Å². The molecular formula is C11H12BrClF3N. The fraction of sp³-hybridized carbons (Fsp3) is 0.455. The largest absolute Gasteiger partial charge is 0.405 e. The van der Waals surface area contributed by atoms with Crippen molar-refractivity contribution in [3.8, 4) is 0 Å². The summed E-state index contributed by atoms with van der Waals surface area (Å²) in [6.07, 6.45) is -4.22. The summed E-state index contributed by atoms with van der Waals surface area (Å²) >= 11 is 9.08. The molecule has 6 heteroatoms. The second-order valence-corrected chi connectivity index (χ2v) is 4.53. The summed E-state index contributed by atoms with van der Waals surface area (Å²) in [4.78, 5) is 1.27. The molecule has 0 N–H and O–H groups in total. The van der Waals surface area contributed by atoms with Gasteiger partial charge in [-0.3, -0.25) is 0 Å². The average molecular weight is 331 g/mol. The predicted octanol–water partition coefficient (Wildman–Crippen LogP) is 4.62. The van der Waals surface area contributed by atoms with Crippen LogP contribution in [0.5, 0.6) is 0 Å². The number of anilines is 1. The third-order valence-corrected chi connectivity index (χ3v) is 3.12. The second kappa shape index (κ2) is 5.96. The Morgan fingerprint density at radius 3 is 2.47 bits per heavy atom. The standard InChI is InChI=1S/C11H12BrClF3N/c1-2-17(7-11(14,15)16)10-5-9(13)4-3-8(10)6-12/h3-5H,2,6-7H2,1H3. The van der Waals surface area contributed by atoms with Gasteiger partial charge in [0.25, 0.3) is 0 Å². The maximum atomic E-state index is 12.4. The number of rotatable bonds is 4. The van der Waals surface area contributed by atoms with Gasteiger partial charge in [0.05, 0.1) is 0 Å². The molecule has 0 aliphatic rings. The van der Waals surface area contributed by atoms with E-state index in [1.165, 1.54) is 4.90 Å². The zero-order valence-electron chi connectivity index (χ0n) is 9.19. The van der Waals surface area contributed by atoms with Crippen molar-refractivity contribution in [1.29, 1.82) is 0 Å². The van der Waals surface area contributed by atoms with E-state index in [1.807, 2.05) is 0 Å². The highest BCUT2D eigenvalue weighted by Crippen LogP contribution is 2.29. The Balaban J connectivity index is 3.06. The Bertz CT molecular complexity index is 381. The first-order valence-electron chi connectivity index (χ1n) is 5.03. The van der Waals surface area contributed by atoms with Gasteiger partial charge < -0.3 is 4.90 Å². The minimum absolute atomic E-state index is 0.278. The molecule has 0 heterocycles. The quantitative estimate of drug-likeness (QED) is 0.728. The molecule has 1 rings (SSSR count). The number of hydrogen-bond donors (Lipinski definition) is 0. The van der Waals surface area contributed by atoms with Crippen molar-refractivity contribution in [2.45, 2.75) is 18.4 Å². The van der Waals surface area contributed by atoms with Crippen LogP contribution >= 0.6 is 27.5 Å². The van der Waals surface area contributed by atoms with E-state index in [0.717, 1.165) is 5.56 Å². The van der Waals surface area contributed by atoms with Crippen molar-refractivity contribution >= 4 is 33.2 Å². The topological polar surface area (TPSA) is 3.24 Å². The summed E-state index contributed by atoms with van der Waals surface area (Å²) in [5.74, 6) is 0. The minimum atomic E-state index is -4.22. The van der Waals surface area contributed by atoms with Crippen LogP contribution in [0.15, 0.2) is 18.2 Å². The van der Waals surface area contributed by atoms with Crippen LogP contribution in [0.2, 0.25) is 5.02 Å². The van der Waals surface area contributed by atoms with E-state index >= 15 is 0 Å². The molecule has 0 saturated heterocycles. The normalized spacial score (nSPS) is 11.6. The van der Waals surface area contributed by atoms with Gasteiger partial charge in [0.15, 0.2) is 0 Å². The van der Waals surface area contributed by atoms with Gasteiger partial charge in [0, 0.05) is 22.6 Å². The lowest BCUT2D eigenvalue weighted by atomic mass is 10.2. The lowest BCUT2D eigenvalue weighted by Gasteiger charge is -2.26. The molecule has 0 fully saturated rings. The van der Waals surface area contributed by atoms with Gasteiger partial charge in [-0.15, -0.1) is 0 Å². The Hall–Kier alpha value is -0.420. The smallest absolute Gasteiger partial charge is 0.363 e. The molecule has 0 amide bonds. The van der Waals surface area contributed by atoms with E-state index in [1.54, 1.807) is 25.1 Å². The summed E-state index contributed by atoms with van der Waals surface area (Å²) in [7, 11) is 0. The maximum absolute atomic E-state index is 12.4. The number of benzene rings is 1. The highest BCUT2D eigenvalue weighted by atomic mass is 79.9. The van der Waals surface area contributed by atoms with Crippen LogP contribution in [0, 0.1) is 0 Å². The van der Waals surface area contributed by atoms with Crippen molar-refractivity contribution in [1.82, 2.24) is 0 Å². The summed E-state index contributed by atoms with van der Waals surface area (Å²) in [5.41, 5.74) is 1.31. The molecule has 0 bridgehead atoms. The van der Waals surface area contributed by atoms with Crippen molar-refractivity contribution in [2.75, 3.05) is 18.0 Å². The van der Waals surface area contributed by atoms with Gasteiger partial charge in [0.2, 0.25) is 0 Å². The molecule has 0 spiro atoms. The fourth-order valence-electron chi connectivity index (χ4n) is 1.53. The molecule has 0 unspecified atom stereocenters. The number of hydrogen-bond acceptors (Lipinski definition) is 1. The van der Waals surface area contributed by atoms with Gasteiger partial charge in [-0.2, -0.15) is 13.2 Å². The first-order valence-corrected chi connectivity index (χ1v) is 6.53. The van der Waals surface area contributed by atoms with E-state index in [-0.39, 0.29) is 6.54 Å². The van der Waals surface area contributed by atoms with Crippen LogP contribution in [-0.2, 0) is 5.33 Å². The van der Waals surface area contributed by atoms with E-state index in [2.05, 4.69) is 15.9 Å². The van der Waals surface area contributed by atoms with E-state index in [0.29, 0.717) is 16.0 Å². The maximum Gasteiger partial charge on any atom is 0.405 e. The molecule has 0 aromatic heterocycles. The molecular weight excluding hydrogens is 318 g/mol. The van der Waals surface area contributed by atoms with Crippen molar-refractivity contribution in [3.05, 3.63) is 28.8 Å². The van der Waals surface area contributed by atoms with Crippen LogP contribution < -0.4 is 4.90 Å². The second-order valence-electron chi connectivity index (χ2n) is 3.54. The third-order valence-electron chi connectivity index (χ3n) is 2.28. The molecule has 0 aliphatic carbocycles. The molecule has 0 saturated carbocycles. The summed E-state index contributed by atoms with van der Waals surface area (Å²) in [5, 5.41) is 0.929. The first kappa shape index (κ1) is 14.6. The molecule has 1 aromatic carbocycles. The Morgan fingerprint density at radius 2 is 2.00 bits per heavy atom. The van der Waals surface area contributed by atoms with Crippen LogP contribution in [0.3, 0.4) is 0 Å². The van der Waals surface area contributed by atoms with Crippen LogP contribution in [-0.4, -0.2) is 19.3 Å². The Labute approximate surface area is 112 Å². The van der Waals surface area contributed by atoms with Gasteiger partial charge in [0.1, 0.15) is 6.54 Å². The monoisotopic (exact) mass is 329 g/mol. The minimum Gasteiger partial charge on any atom is -0.363 e. The molecule has 1 aromatic rings. The lowest BCUT2D eigenvalue weighted by molar-refractivity contribution is -0.119. The van der Waals surface area contributed by atoms with Gasteiger partial charge in [-0.25, -0.2) is 0 Å². The molecule has 1 nitrogen and oxygen atoms in total. The Morgan fingerprint density at radius 1 is 1.35 bits per heavy atom. The summed E-state index contributed by atoms with van der Waals surface area (Å²) in [6.45, 7) is 0.994. The zero-order valence-corrected chi connectivity index (χ0v) is 11.5. The zero-order chi connectivity index (χ0) is 13.1. The number of alkyl halides is 4. The molecule has 17 heavy (non-hydrogen) atoms. The molecule has 0 aliphatic heterocycles. The highest BCUT2D eigenvalue weighted by molar-refractivity contribution is 9.08. The van der Waals surface area contributed by atoms with Crippen LogP contribution in [0.25, 0.3) is 0 Å². The summed E-state index contributed by atoms with van der Waals surface area (Å²) < 4.78 is 37.3. The third kappa shape index (κ3) is 4.39. The van der Waals surface area contributed by atoms with Crippen LogP contribution in [0.1, 0.15) is 12.5 Å². The van der Waals surface area contributed by atoms with Crippen LogP contribution in [0.4, 0.5) is 18.9 Å². The Kier molecular flexibility index (Phi) is 5.13. The number of nitrogens with zero attached hydrogens (tertiary/aromatic N) is 1. The SMILES string of the molecule is CCN(CC(F)(F)F)c1cc(Cl)ccc1CBr. The van der Waals surface area contributed by atoms with E-state index in [9.17, 15) is 13.2 Å². The number of halogens is 5. The van der Waals surface area contributed by atoms with Gasteiger partial charge in [-0.05, 0) is 24.6 Å².